The SMILES string of the molecule is CN=C(NCCCOCC(F)(F)F)NCCCn1ccc2ccccc21. The Balaban J connectivity index is 1.59. The topological polar surface area (TPSA) is 50.6 Å². The molecule has 0 atom stereocenters. The summed E-state index contributed by atoms with van der Waals surface area (Å²) < 4.78 is 42.6. The van der Waals surface area contributed by atoms with Gasteiger partial charge in [0.25, 0.3) is 0 Å². The van der Waals surface area contributed by atoms with Crippen molar-refractivity contribution in [2.45, 2.75) is 25.6 Å². The summed E-state index contributed by atoms with van der Waals surface area (Å²) in [6, 6.07) is 10.3. The number of aromatic nitrogens is 1. The molecule has 0 aliphatic carbocycles. The number of fused-ring (bicyclic) bond motifs is 1. The first kappa shape index (κ1) is 20.1. The number of aliphatic imine (C=N–C) groups is 1. The van der Waals surface area contributed by atoms with Gasteiger partial charge in [0.1, 0.15) is 6.61 Å². The Morgan fingerprint density at radius 3 is 2.58 bits per heavy atom. The van der Waals surface area contributed by atoms with Crippen LogP contribution in [0.1, 0.15) is 12.8 Å². The van der Waals surface area contributed by atoms with Crippen molar-refractivity contribution in [3.63, 3.8) is 0 Å². The summed E-state index contributed by atoms with van der Waals surface area (Å²) in [5, 5.41) is 7.49. The molecule has 0 aliphatic rings. The van der Waals surface area contributed by atoms with Crippen molar-refractivity contribution < 1.29 is 17.9 Å². The fraction of sp³-hybridized carbons (Fsp3) is 0.500. The second-order valence-electron chi connectivity index (χ2n) is 5.87. The van der Waals surface area contributed by atoms with E-state index in [9.17, 15) is 13.2 Å². The first-order chi connectivity index (χ1) is 12.5. The monoisotopic (exact) mass is 370 g/mol. The number of alkyl halides is 3. The molecule has 0 radical (unpaired) electrons. The van der Waals surface area contributed by atoms with Crippen LogP contribution in [0.4, 0.5) is 13.2 Å². The van der Waals surface area contributed by atoms with Gasteiger partial charge in [0.2, 0.25) is 0 Å². The summed E-state index contributed by atoms with van der Waals surface area (Å²) in [4.78, 5) is 4.10. The first-order valence-corrected chi connectivity index (χ1v) is 8.62. The summed E-state index contributed by atoms with van der Waals surface area (Å²) in [7, 11) is 1.66. The van der Waals surface area contributed by atoms with E-state index < -0.39 is 12.8 Å². The van der Waals surface area contributed by atoms with Crippen LogP contribution < -0.4 is 10.6 Å². The number of aryl methyl sites for hydroxylation is 1. The second kappa shape index (κ2) is 10.1. The molecule has 2 rings (SSSR count). The number of nitrogens with one attached hydrogen (secondary N) is 2. The number of ether oxygens (including phenoxy) is 1. The van der Waals surface area contributed by atoms with Crippen LogP contribution in [0.15, 0.2) is 41.5 Å². The summed E-state index contributed by atoms with van der Waals surface area (Å²) in [5.74, 6) is 0.637. The number of rotatable bonds is 9. The van der Waals surface area contributed by atoms with Gasteiger partial charge >= 0.3 is 6.18 Å². The van der Waals surface area contributed by atoms with Crippen molar-refractivity contribution in [1.29, 1.82) is 0 Å². The van der Waals surface area contributed by atoms with Gasteiger partial charge < -0.3 is 19.9 Å². The highest BCUT2D eigenvalue weighted by atomic mass is 19.4. The van der Waals surface area contributed by atoms with Gasteiger partial charge in [0, 0.05) is 45.0 Å². The lowest BCUT2D eigenvalue weighted by Gasteiger charge is -2.13. The van der Waals surface area contributed by atoms with Crippen molar-refractivity contribution in [2.24, 2.45) is 4.99 Å². The number of hydrogen-bond donors (Lipinski definition) is 2. The molecule has 0 spiro atoms. The maximum Gasteiger partial charge on any atom is 0.411 e. The zero-order valence-electron chi connectivity index (χ0n) is 14.9. The fourth-order valence-electron chi connectivity index (χ4n) is 2.58. The summed E-state index contributed by atoms with van der Waals surface area (Å²) in [5.41, 5.74) is 1.22. The molecular formula is C18H25F3N4O. The Bertz CT molecular complexity index is 697. The number of para-hydroxylation sites is 1. The number of nitrogens with zero attached hydrogens (tertiary/aromatic N) is 2. The minimum Gasteiger partial charge on any atom is -0.372 e. The summed E-state index contributed by atoms with van der Waals surface area (Å²) in [6.45, 7) is 0.998. The number of hydrogen-bond acceptors (Lipinski definition) is 2. The smallest absolute Gasteiger partial charge is 0.372 e. The molecule has 26 heavy (non-hydrogen) atoms. The third-order valence-electron chi connectivity index (χ3n) is 3.80. The Morgan fingerprint density at radius 2 is 1.85 bits per heavy atom. The van der Waals surface area contributed by atoms with E-state index in [4.69, 9.17) is 0 Å². The van der Waals surface area contributed by atoms with E-state index in [1.165, 1.54) is 10.9 Å². The molecule has 0 aliphatic heterocycles. The van der Waals surface area contributed by atoms with Gasteiger partial charge in [-0.05, 0) is 30.4 Å². The number of guanidine groups is 1. The van der Waals surface area contributed by atoms with Gasteiger partial charge in [-0.3, -0.25) is 4.99 Å². The molecule has 0 fully saturated rings. The van der Waals surface area contributed by atoms with Crippen LogP contribution in [0, 0.1) is 0 Å². The van der Waals surface area contributed by atoms with Gasteiger partial charge in [-0.25, -0.2) is 0 Å². The molecule has 1 aromatic carbocycles. The Hall–Kier alpha value is -2.22. The maximum absolute atomic E-state index is 11.9. The van der Waals surface area contributed by atoms with Crippen molar-refractivity contribution in [3.05, 3.63) is 36.5 Å². The molecule has 0 bridgehead atoms. The van der Waals surface area contributed by atoms with E-state index in [1.807, 2.05) is 12.1 Å². The van der Waals surface area contributed by atoms with E-state index >= 15 is 0 Å². The van der Waals surface area contributed by atoms with Crippen LogP contribution >= 0.6 is 0 Å². The third-order valence-corrected chi connectivity index (χ3v) is 3.80. The van der Waals surface area contributed by atoms with Crippen LogP contribution in [0.5, 0.6) is 0 Å². The zero-order chi connectivity index (χ0) is 18.8. The molecule has 0 saturated carbocycles. The third kappa shape index (κ3) is 6.95. The number of halogens is 3. The van der Waals surface area contributed by atoms with Gasteiger partial charge in [-0.1, -0.05) is 18.2 Å². The van der Waals surface area contributed by atoms with Crippen LogP contribution in [0.3, 0.4) is 0 Å². The van der Waals surface area contributed by atoms with E-state index in [0.29, 0.717) is 18.9 Å². The Labute approximate surface area is 151 Å². The maximum atomic E-state index is 11.9. The van der Waals surface area contributed by atoms with Crippen LogP contribution in [0.25, 0.3) is 10.9 Å². The van der Waals surface area contributed by atoms with Gasteiger partial charge in [-0.15, -0.1) is 0 Å². The molecule has 2 aromatic rings. The predicted molar refractivity (Wildman–Crippen MR) is 97.4 cm³/mol. The van der Waals surface area contributed by atoms with E-state index in [0.717, 1.165) is 19.5 Å². The average Bonchev–Trinajstić information content (AvgIpc) is 3.02. The lowest BCUT2D eigenvalue weighted by atomic mass is 10.2. The summed E-state index contributed by atoms with van der Waals surface area (Å²) in [6.07, 6.45) is -0.783. The van der Waals surface area contributed by atoms with E-state index in [2.05, 4.69) is 49.3 Å². The van der Waals surface area contributed by atoms with Crippen molar-refractivity contribution in [1.82, 2.24) is 15.2 Å². The van der Waals surface area contributed by atoms with Crippen LogP contribution in [-0.4, -0.2) is 50.1 Å². The zero-order valence-corrected chi connectivity index (χ0v) is 14.9. The lowest BCUT2D eigenvalue weighted by molar-refractivity contribution is -0.173. The molecular weight excluding hydrogens is 345 g/mol. The summed E-state index contributed by atoms with van der Waals surface area (Å²) >= 11 is 0. The predicted octanol–water partition coefficient (Wildman–Crippen LogP) is 3.17. The first-order valence-electron chi connectivity index (χ1n) is 8.62. The number of benzene rings is 1. The van der Waals surface area contributed by atoms with Crippen molar-refractivity contribution in [2.75, 3.05) is 33.4 Å². The normalized spacial score (nSPS) is 12.5. The van der Waals surface area contributed by atoms with E-state index in [1.54, 1.807) is 7.05 Å². The molecule has 1 heterocycles. The lowest BCUT2D eigenvalue weighted by Crippen LogP contribution is -2.38. The second-order valence-corrected chi connectivity index (χ2v) is 5.87. The molecule has 0 unspecified atom stereocenters. The Kier molecular flexibility index (Phi) is 7.77. The van der Waals surface area contributed by atoms with Crippen molar-refractivity contribution >= 4 is 16.9 Å². The molecule has 5 nitrogen and oxygen atoms in total. The Morgan fingerprint density at radius 1 is 1.12 bits per heavy atom. The molecule has 0 saturated heterocycles. The highest BCUT2D eigenvalue weighted by Crippen LogP contribution is 2.15. The molecule has 2 N–H and O–H groups in total. The van der Waals surface area contributed by atoms with Crippen LogP contribution in [-0.2, 0) is 11.3 Å². The minimum atomic E-state index is -4.27. The fourth-order valence-corrected chi connectivity index (χ4v) is 2.58. The minimum absolute atomic E-state index is 0.0597. The highest BCUT2D eigenvalue weighted by Gasteiger charge is 2.27. The molecule has 8 heteroatoms. The quantitative estimate of drug-likeness (QED) is 0.405. The van der Waals surface area contributed by atoms with Crippen LogP contribution in [0.2, 0.25) is 0 Å². The largest absolute Gasteiger partial charge is 0.411 e. The van der Waals surface area contributed by atoms with Gasteiger partial charge in [-0.2, -0.15) is 13.2 Å². The van der Waals surface area contributed by atoms with Gasteiger partial charge in [0.05, 0.1) is 0 Å². The standard InChI is InChI=1S/C18H25F3N4O/c1-22-17(24-10-5-13-26-14-18(19,20)21)23-9-4-11-25-12-8-15-6-2-3-7-16(15)25/h2-3,6-8,12H,4-5,9-11,13-14H2,1H3,(H2,22,23,24). The molecule has 1 aromatic heterocycles. The average molecular weight is 370 g/mol. The van der Waals surface area contributed by atoms with Crippen molar-refractivity contribution in [3.8, 4) is 0 Å². The van der Waals surface area contributed by atoms with E-state index in [-0.39, 0.29) is 6.61 Å². The molecule has 144 valence electrons. The van der Waals surface area contributed by atoms with Gasteiger partial charge in [0.15, 0.2) is 5.96 Å². The highest BCUT2D eigenvalue weighted by molar-refractivity contribution is 5.80. The molecule has 0 amide bonds.